The van der Waals surface area contributed by atoms with Gasteiger partial charge in [0.1, 0.15) is 6.54 Å². The maximum atomic E-state index is 12.7. The normalized spacial score (nSPS) is 10.7. The largest absolute Gasteiger partial charge is 0.324 e. The summed E-state index contributed by atoms with van der Waals surface area (Å²) in [6.07, 6.45) is 0. The highest BCUT2D eigenvalue weighted by Crippen LogP contribution is 2.24. The van der Waals surface area contributed by atoms with Gasteiger partial charge in [-0.25, -0.2) is 4.68 Å². The summed E-state index contributed by atoms with van der Waals surface area (Å²) in [5.41, 5.74) is 3.58. The molecule has 0 saturated carbocycles. The molecule has 0 radical (unpaired) electrons. The monoisotopic (exact) mass is 478 g/mol. The fourth-order valence-electron chi connectivity index (χ4n) is 3.15. The lowest BCUT2D eigenvalue weighted by Gasteiger charge is -2.08. The summed E-state index contributed by atoms with van der Waals surface area (Å²) in [5.74, 6) is 0.503. The molecule has 0 fully saturated rings. The van der Waals surface area contributed by atoms with Gasteiger partial charge in [-0.15, -0.1) is 0 Å². The molecule has 1 N–H and O–H groups in total. The van der Waals surface area contributed by atoms with Crippen molar-refractivity contribution in [3.63, 3.8) is 0 Å². The standard InChI is InChI=1S/C23H19BrN4OS/c1-16-7-5-6-10-20(16)25-21(29)15-27-23(30)28(19-8-3-2-4-9-19)22(26-27)17-11-13-18(24)14-12-17/h2-14H,15H2,1H3,(H,25,29). The number of hydrogen-bond acceptors (Lipinski definition) is 3. The summed E-state index contributed by atoms with van der Waals surface area (Å²) in [7, 11) is 0. The molecule has 0 atom stereocenters. The second-order valence-electron chi connectivity index (χ2n) is 6.80. The molecule has 4 aromatic rings. The number of benzene rings is 3. The summed E-state index contributed by atoms with van der Waals surface area (Å²) >= 11 is 9.17. The Bertz CT molecular complexity index is 1250. The minimum atomic E-state index is -0.180. The Kier molecular flexibility index (Phi) is 5.92. The van der Waals surface area contributed by atoms with Crippen LogP contribution >= 0.6 is 28.1 Å². The molecule has 4 rings (SSSR count). The van der Waals surface area contributed by atoms with Crippen molar-refractivity contribution in [1.82, 2.24) is 14.3 Å². The molecule has 3 aromatic carbocycles. The molecule has 1 heterocycles. The van der Waals surface area contributed by atoms with E-state index >= 15 is 0 Å². The number of rotatable bonds is 5. The van der Waals surface area contributed by atoms with Gasteiger partial charge in [-0.3, -0.25) is 9.36 Å². The van der Waals surface area contributed by atoms with Crippen LogP contribution in [0.5, 0.6) is 0 Å². The van der Waals surface area contributed by atoms with Crippen LogP contribution in [-0.2, 0) is 11.3 Å². The number of aromatic nitrogens is 3. The quantitative estimate of drug-likeness (QED) is 0.369. The highest BCUT2D eigenvalue weighted by molar-refractivity contribution is 9.10. The smallest absolute Gasteiger partial charge is 0.246 e. The third-order valence-electron chi connectivity index (χ3n) is 4.67. The Morgan fingerprint density at radius 3 is 2.37 bits per heavy atom. The first-order chi connectivity index (χ1) is 14.5. The van der Waals surface area contributed by atoms with Crippen LogP contribution in [0.1, 0.15) is 5.56 Å². The molecule has 5 nitrogen and oxygen atoms in total. The van der Waals surface area contributed by atoms with Crippen LogP contribution in [-0.4, -0.2) is 20.3 Å². The van der Waals surface area contributed by atoms with E-state index in [1.807, 2.05) is 90.4 Å². The molecule has 0 aliphatic rings. The minimum Gasteiger partial charge on any atom is -0.324 e. The summed E-state index contributed by atoms with van der Waals surface area (Å²) in [5, 5.41) is 7.63. The topological polar surface area (TPSA) is 51.9 Å². The third-order valence-corrected chi connectivity index (χ3v) is 5.59. The van der Waals surface area contributed by atoms with Gasteiger partial charge in [-0.1, -0.05) is 64.5 Å². The molecule has 1 aromatic heterocycles. The number of halogens is 1. The summed E-state index contributed by atoms with van der Waals surface area (Å²) in [6, 6.07) is 25.3. The molecule has 0 saturated heterocycles. The molecular weight excluding hydrogens is 460 g/mol. The van der Waals surface area contributed by atoms with Gasteiger partial charge in [0.15, 0.2) is 5.82 Å². The molecule has 0 spiro atoms. The second-order valence-corrected chi connectivity index (χ2v) is 8.09. The minimum absolute atomic E-state index is 0.0243. The summed E-state index contributed by atoms with van der Waals surface area (Å²) < 4.78 is 4.89. The average molecular weight is 479 g/mol. The number of anilines is 1. The van der Waals surface area contributed by atoms with E-state index in [1.165, 1.54) is 0 Å². The van der Waals surface area contributed by atoms with Crippen LogP contribution in [0, 0.1) is 11.7 Å². The summed E-state index contributed by atoms with van der Waals surface area (Å²) in [4.78, 5) is 12.7. The van der Waals surface area contributed by atoms with Crippen LogP contribution < -0.4 is 5.32 Å². The lowest BCUT2D eigenvalue weighted by molar-refractivity contribution is -0.116. The van der Waals surface area contributed by atoms with E-state index in [0.717, 1.165) is 27.0 Å². The van der Waals surface area contributed by atoms with Crippen molar-refractivity contribution in [3.8, 4) is 17.1 Å². The molecule has 7 heteroatoms. The van der Waals surface area contributed by atoms with Gasteiger partial charge in [-0.2, -0.15) is 5.10 Å². The zero-order chi connectivity index (χ0) is 21.1. The van der Waals surface area contributed by atoms with Crippen molar-refractivity contribution in [3.05, 3.63) is 93.7 Å². The molecule has 0 bridgehead atoms. The van der Waals surface area contributed by atoms with Crippen LogP contribution in [0.2, 0.25) is 0 Å². The van der Waals surface area contributed by atoms with E-state index in [9.17, 15) is 4.79 Å². The first-order valence-corrected chi connectivity index (χ1v) is 10.6. The van der Waals surface area contributed by atoms with Crippen molar-refractivity contribution in [2.45, 2.75) is 13.5 Å². The zero-order valence-electron chi connectivity index (χ0n) is 16.2. The number of amides is 1. The van der Waals surface area contributed by atoms with Gasteiger partial charge < -0.3 is 5.32 Å². The molecule has 150 valence electrons. The second kappa shape index (κ2) is 8.77. The van der Waals surface area contributed by atoms with Crippen LogP contribution in [0.15, 0.2) is 83.3 Å². The van der Waals surface area contributed by atoms with Crippen molar-refractivity contribution >= 4 is 39.7 Å². The Balaban J connectivity index is 1.72. The number of carbonyl (C=O) groups excluding carboxylic acids is 1. The van der Waals surface area contributed by atoms with Crippen molar-refractivity contribution < 1.29 is 4.79 Å². The Morgan fingerprint density at radius 2 is 1.67 bits per heavy atom. The van der Waals surface area contributed by atoms with Crippen LogP contribution in [0.25, 0.3) is 17.1 Å². The predicted molar refractivity (Wildman–Crippen MR) is 125 cm³/mol. The first kappa shape index (κ1) is 20.3. The highest BCUT2D eigenvalue weighted by atomic mass is 79.9. The Morgan fingerprint density at radius 1 is 1.00 bits per heavy atom. The fourth-order valence-corrected chi connectivity index (χ4v) is 3.71. The molecule has 0 aliphatic carbocycles. The van der Waals surface area contributed by atoms with Crippen molar-refractivity contribution in [2.75, 3.05) is 5.32 Å². The van der Waals surface area contributed by atoms with Crippen molar-refractivity contribution in [2.24, 2.45) is 0 Å². The van der Waals surface area contributed by atoms with Gasteiger partial charge in [0.05, 0.1) is 0 Å². The van der Waals surface area contributed by atoms with Gasteiger partial charge in [0, 0.05) is 21.4 Å². The Hall–Kier alpha value is -3.03. The van der Waals surface area contributed by atoms with E-state index in [0.29, 0.717) is 10.6 Å². The number of nitrogens with one attached hydrogen (secondary N) is 1. The fraction of sp³-hybridized carbons (Fsp3) is 0.0870. The maximum absolute atomic E-state index is 12.7. The molecular formula is C23H19BrN4OS. The van der Waals surface area contributed by atoms with Gasteiger partial charge >= 0.3 is 0 Å². The lowest BCUT2D eigenvalue weighted by atomic mass is 10.2. The van der Waals surface area contributed by atoms with Crippen LogP contribution in [0.4, 0.5) is 5.69 Å². The van der Waals surface area contributed by atoms with Gasteiger partial charge in [0.2, 0.25) is 10.7 Å². The average Bonchev–Trinajstić information content (AvgIpc) is 3.07. The first-order valence-electron chi connectivity index (χ1n) is 9.39. The lowest BCUT2D eigenvalue weighted by Crippen LogP contribution is -2.20. The van der Waals surface area contributed by atoms with Gasteiger partial charge in [0.25, 0.3) is 0 Å². The predicted octanol–water partition coefficient (Wildman–Crippen LogP) is 5.78. The van der Waals surface area contributed by atoms with Gasteiger partial charge in [-0.05, 0) is 55.0 Å². The molecule has 0 unspecified atom stereocenters. The van der Waals surface area contributed by atoms with E-state index in [4.69, 9.17) is 12.2 Å². The maximum Gasteiger partial charge on any atom is 0.246 e. The van der Waals surface area contributed by atoms with Crippen molar-refractivity contribution in [1.29, 1.82) is 0 Å². The number of hydrogen-bond donors (Lipinski definition) is 1. The molecule has 0 aliphatic heterocycles. The zero-order valence-corrected chi connectivity index (χ0v) is 18.7. The van der Waals surface area contributed by atoms with Crippen LogP contribution in [0.3, 0.4) is 0 Å². The highest BCUT2D eigenvalue weighted by Gasteiger charge is 2.16. The molecule has 30 heavy (non-hydrogen) atoms. The number of carbonyl (C=O) groups is 1. The van der Waals surface area contributed by atoms with E-state index in [2.05, 4.69) is 26.3 Å². The number of para-hydroxylation sites is 2. The number of nitrogens with zero attached hydrogens (tertiary/aromatic N) is 3. The molecule has 1 amide bonds. The van der Waals surface area contributed by atoms with E-state index in [1.54, 1.807) is 4.68 Å². The summed E-state index contributed by atoms with van der Waals surface area (Å²) in [6.45, 7) is 1.98. The Labute approximate surface area is 188 Å². The van der Waals surface area contributed by atoms with E-state index < -0.39 is 0 Å². The van der Waals surface area contributed by atoms with E-state index in [-0.39, 0.29) is 12.5 Å². The third kappa shape index (κ3) is 4.27. The number of aryl methyl sites for hydroxylation is 1. The SMILES string of the molecule is Cc1ccccc1NC(=O)Cn1nc(-c2ccc(Br)cc2)n(-c2ccccc2)c1=S.